The molecule has 113 valence electrons. The van der Waals surface area contributed by atoms with Crippen LogP contribution in [0.2, 0.25) is 0 Å². The van der Waals surface area contributed by atoms with Crippen LogP contribution in [0.1, 0.15) is 11.6 Å². The molecule has 1 atom stereocenters. The second-order valence-corrected chi connectivity index (χ2v) is 6.16. The number of aromatic nitrogens is 2. The highest BCUT2D eigenvalue weighted by Gasteiger charge is 2.36. The van der Waals surface area contributed by atoms with Crippen LogP contribution in [-0.4, -0.2) is 21.0 Å². The van der Waals surface area contributed by atoms with E-state index < -0.39 is 6.04 Å². The highest BCUT2D eigenvalue weighted by molar-refractivity contribution is 9.10. The molecule has 0 saturated carbocycles. The van der Waals surface area contributed by atoms with E-state index in [1.54, 1.807) is 6.33 Å². The molecule has 0 bridgehead atoms. The molecule has 1 aliphatic rings. The maximum Gasteiger partial charge on any atom is 0.263 e. The summed E-state index contributed by atoms with van der Waals surface area (Å²) < 4.78 is 0.933. The van der Waals surface area contributed by atoms with E-state index in [0.29, 0.717) is 5.69 Å². The second kappa shape index (κ2) is 5.24. The number of hydrogen-bond donors (Lipinski definition) is 2. The number of hydrogen-bond acceptors (Lipinski definition) is 3. The summed E-state index contributed by atoms with van der Waals surface area (Å²) in [7, 11) is 0. The van der Waals surface area contributed by atoms with Gasteiger partial charge in [-0.25, -0.2) is 4.98 Å². The van der Waals surface area contributed by atoms with Crippen LogP contribution < -0.4 is 4.90 Å². The van der Waals surface area contributed by atoms with Gasteiger partial charge in [0, 0.05) is 10.2 Å². The van der Waals surface area contributed by atoms with E-state index in [2.05, 4.69) is 32.0 Å². The zero-order chi connectivity index (χ0) is 16.0. The van der Waals surface area contributed by atoms with Gasteiger partial charge in [-0.3, -0.25) is 9.69 Å². The molecule has 5 nitrogen and oxygen atoms in total. The summed E-state index contributed by atoms with van der Waals surface area (Å²) in [6.07, 6.45) is 4.10. The van der Waals surface area contributed by atoms with Gasteiger partial charge in [0.15, 0.2) is 0 Å². The van der Waals surface area contributed by atoms with E-state index in [1.165, 1.54) is 4.90 Å². The van der Waals surface area contributed by atoms with Gasteiger partial charge in [-0.1, -0.05) is 28.1 Å². The van der Waals surface area contributed by atoms with Crippen LogP contribution in [0, 0.1) is 6.08 Å². The number of carbonyl (C=O) groups excluding carboxylic acids is 1. The largest absolute Gasteiger partial charge is 0.509 e. The molecule has 1 radical (unpaired) electrons. The number of aliphatic hydroxyl groups is 1. The molecule has 1 aliphatic heterocycles. The number of nitrogens with one attached hydrogen (secondary N) is 1. The van der Waals surface area contributed by atoms with E-state index in [1.807, 2.05) is 42.5 Å². The van der Waals surface area contributed by atoms with Gasteiger partial charge in [-0.05, 0) is 35.9 Å². The van der Waals surface area contributed by atoms with Gasteiger partial charge in [0.2, 0.25) is 0 Å². The zero-order valence-electron chi connectivity index (χ0n) is 11.8. The SMILES string of the molecule is O=C1[C]=C(O)C(c2ccc(Br)cc2)N1c1ccc2[nH]cnc2c1. The molecule has 4 rings (SSSR count). The Balaban J connectivity index is 1.81. The average molecular weight is 369 g/mol. The first-order valence-corrected chi connectivity index (χ1v) is 7.77. The van der Waals surface area contributed by atoms with E-state index in [4.69, 9.17) is 0 Å². The van der Waals surface area contributed by atoms with Crippen LogP contribution in [0.3, 0.4) is 0 Å². The fourth-order valence-electron chi connectivity index (χ4n) is 2.77. The van der Waals surface area contributed by atoms with Crippen molar-refractivity contribution in [1.82, 2.24) is 9.97 Å². The molecule has 2 N–H and O–H groups in total. The van der Waals surface area contributed by atoms with Gasteiger partial charge in [-0.15, -0.1) is 0 Å². The number of carbonyl (C=O) groups is 1. The fourth-order valence-corrected chi connectivity index (χ4v) is 3.03. The highest BCUT2D eigenvalue weighted by Crippen LogP contribution is 2.37. The summed E-state index contributed by atoms with van der Waals surface area (Å²) in [4.78, 5) is 21.1. The predicted octanol–water partition coefficient (Wildman–Crippen LogP) is 3.66. The Hall–Kier alpha value is -2.60. The van der Waals surface area contributed by atoms with Gasteiger partial charge in [0.1, 0.15) is 11.8 Å². The fraction of sp³-hybridized carbons (Fsp3) is 0.0588. The Morgan fingerprint density at radius 1 is 1.22 bits per heavy atom. The lowest BCUT2D eigenvalue weighted by molar-refractivity contribution is -0.114. The number of amides is 1. The molecular weight excluding hydrogens is 358 g/mol. The van der Waals surface area contributed by atoms with Crippen LogP contribution >= 0.6 is 15.9 Å². The predicted molar refractivity (Wildman–Crippen MR) is 89.8 cm³/mol. The maximum absolute atomic E-state index is 12.3. The Kier molecular flexibility index (Phi) is 3.20. The normalized spacial score (nSPS) is 17.8. The number of nitrogens with zero attached hydrogens (tertiary/aromatic N) is 2. The van der Waals surface area contributed by atoms with Crippen molar-refractivity contribution in [2.75, 3.05) is 4.90 Å². The Morgan fingerprint density at radius 2 is 2.00 bits per heavy atom. The van der Waals surface area contributed by atoms with Crippen LogP contribution in [0.15, 0.2) is 59.0 Å². The summed E-state index contributed by atoms with van der Waals surface area (Å²) >= 11 is 3.39. The number of halogens is 1. The Labute approximate surface area is 140 Å². The third kappa shape index (κ3) is 2.31. The molecule has 2 aromatic carbocycles. The molecule has 2 heterocycles. The number of fused-ring (bicyclic) bond motifs is 1. The lowest BCUT2D eigenvalue weighted by atomic mass is 10.0. The molecule has 0 spiro atoms. The first kappa shape index (κ1) is 14.0. The van der Waals surface area contributed by atoms with Crippen molar-refractivity contribution >= 4 is 38.6 Å². The lowest BCUT2D eigenvalue weighted by Gasteiger charge is -2.26. The Morgan fingerprint density at radius 3 is 2.78 bits per heavy atom. The summed E-state index contributed by atoms with van der Waals surface area (Å²) in [6.45, 7) is 0. The smallest absolute Gasteiger partial charge is 0.263 e. The van der Waals surface area contributed by atoms with Gasteiger partial charge < -0.3 is 10.1 Å². The first-order chi connectivity index (χ1) is 11.1. The summed E-state index contributed by atoms with van der Waals surface area (Å²) in [6, 6.07) is 12.4. The number of benzene rings is 2. The minimum Gasteiger partial charge on any atom is -0.509 e. The van der Waals surface area contributed by atoms with Crippen LogP contribution in [0.25, 0.3) is 11.0 Å². The summed E-state index contributed by atoms with van der Waals surface area (Å²) in [5.74, 6) is -0.454. The van der Waals surface area contributed by atoms with Crippen molar-refractivity contribution in [1.29, 1.82) is 0 Å². The molecule has 1 amide bonds. The molecule has 6 heteroatoms. The number of H-pyrrole nitrogens is 1. The van der Waals surface area contributed by atoms with E-state index in [9.17, 15) is 9.90 Å². The zero-order valence-corrected chi connectivity index (χ0v) is 13.4. The van der Waals surface area contributed by atoms with E-state index >= 15 is 0 Å². The van der Waals surface area contributed by atoms with Crippen molar-refractivity contribution in [3.05, 3.63) is 70.7 Å². The summed E-state index contributed by atoms with van der Waals surface area (Å²) in [5.41, 5.74) is 3.13. The minimum absolute atomic E-state index is 0.0838. The number of aliphatic hydroxyl groups excluding tert-OH is 1. The van der Waals surface area contributed by atoms with Crippen molar-refractivity contribution in [3.8, 4) is 0 Å². The van der Waals surface area contributed by atoms with Crippen LogP contribution in [0.5, 0.6) is 0 Å². The molecule has 3 aromatic rings. The van der Waals surface area contributed by atoms with Gasteiger partial charge in [0.05, 0.1) is 23.4 Å². The van der Waals surface area contributed by atoms with Crippen molar-refractivity contribution in [2.45, 2.75) is 6.04 Å². The molecule has 1 aromatic heterocycles. The molecule has 23 heavy (non-hydrogen) atoms. The van der Waals surface area contributed by atoms with Crippen molar-refractivity contribution < 1.29 is 9.90 Å². The third-order valence-electron chi connectivity index (χ3n) is 3.84. The molecule has 1 unspecified atom stereocenters. The highest BCUT2D eigenvalue weighted by atomic mass is 79.9. The van der Waals surface area contributed by atoms with Crippen molar-refractivity contribution in [2.24, 2.45) is 0 Å². The van der Waals surface area contributed by atoms with Gasteiger partial charge >= 0.3 is 0 Å². The molecule has 0 saturated heterocycles. The summed E-state index contributed by atoms with van der Waals surface area (Å²) in [5, 5.41) is 10.2. The van der Waals surface area contributed by atoms with Crippen LogP contribution in [0.4, 0.5) is 5.69 Å². The lowest BCUT2D eigenvalue weighted by Crippen LogP contribution is -2.29. The van der Waals surface area contributed by atoms with Gasteiger partial charge in [0.25, 0.3) is 5.91 Å². The molecule has 0 fully saturated rings. The number of imidazole rings is 1. The quantitative estimate of drug-likeness (QED) is 0.725. The van der Waals surface area contributed by atoms with Crippen molar-refractivity contribution in [3.63, 3.8) is 0 Å². The molecule has 0 aliphatic carbocycles. The Bertz CT molecular complexity index is 930. The standard InChI is InChI=1S/C17H11BrN3O2/c18-11-3-1-10(2-4-11)17-15(22)8-16(23)21(17)12-5-6-13-14(7-12)20-9-19-13/h1-7,9,17,22H,(H,19,20). The number of aromatic amines is 1. The number of anilines is 1. The monoisotopic (exact) mass is 368 g/mol. The molecular formula is C17H11BrN3O2. The first-order valence-electron chi connectivity index (χ1n) is 6.98. The van der Waals surface area contributed by atoms with Gasteiger partial charge in [-0.2, -0.15) is 0 Å². The number of rotatable bonds is 2. The third-order valence-corrected chi connectivity index (χ3v) is 4.37. The van der Waals surface area contributed by atoms with E-state index in [-0.39, 0.29) is 11.7 Å². The minimum atomic E-state index is -0.577. The van der Waals surface area contributed by atoms with E-state index in [0.717, 1.165) is 21.1 Å². The second-order valence-electron chi connectivity index (χ2n) is 5.24. The maximum atomic E-state index is 12.3. The topological polar surface area (TPSA) is 69.2 Å². The average Bonchev–Trinajstić information content (AvgIpc) is 3.11. The van der Waals surface area contributed by atoms with Crippen LogP contribution in [-0.2, 0) is 4.79 Å².